The molecule has 0 fully saturated rings. The van der Waals surface area contributed by atoms with Crippen molar-refractivity contribution < 1.29 is 13.2 Å². The van der Waals surface area contributed by atoms with E-state index in [4.69, 9.17) is 0 Å². The summed E-state index contributed by atoms with van der Waals surface area (Å²) in [4.78, 5) is 30.0. The predicted molar refractivity (Wildman–Crippen MR) is 118 cm³/mol. The number of sulfonamides is 1. The Kier molecular flexibility index (Phi) is 6.26. The van der Waals surface area contributed by atoms with Crippen LogP contribution in [0.25, 0.3) is 10.9 Å². The maximum Gasteiger partial charge on any atom is 0.261 e. The number of hydrogen-bond acceptors (Lipinski definition) is 4. The Morgan fingerprint density at radius 3 is 2.30 bits per heavy atom. The summed E-state index contributed by atoms with van der Waals surface area (Å²) in [6, 6.07) is 11.4. The Hall–Kier alpha value is -3.13. The predicted octanol–water partition coefficient (Wildman–Crippen LogP) is 3.37. The molecule has 0 aliphatic rings. The van der Waals surface area contributed by atoms with Gasteiger partial charge in [-0.15, -0.1) is 0 Å². The quantitative estimate of drug-likeness (QED) is 0.604. The molecule has 0 saturated heterocycles. The first-order valence-corrected chi connectivity index (χ1v) is 11.4. The molecule has 30 heavy (non-hydrogen) atoms. The standard InChI is InChI=1S/C22H25N3O4S/c1-4-15-7-9-16(10-8-15)24-30(28,29)17-11-12-20-18(13-17)21(26)19(14-23-20)22(27)25(5-2)6-3/h7-14,24H,4-6H2,1-3H3,(H,23,26). The molecule has 8 heteroatoms. The number of fused-ring (bicyclic) bond motifs is 1. The lowest BCUT2D eigenvalue weighted by molar-refractivity contribution is 0.0771. The van der Waals surface area contributed by atoms with Crippen LogP contribution in [0.3, 0.4) is 0 Å². The number of hydrogen-bond donors (Lipinski definition) is 2. The summed E-state index contributed by atoms with van der Waals surface area (Å²) in [5.74, 6) is -0.384. The van der Waals surface area contributed by atoms with Gasteiger partial charge in [0.2, 0.25) is 5.43 Å². The average molecular weight is 428 g/mol. The van der Waals surface area contributed by atoms with Gasteiger partial charge < -0.3 is 9.88 Å². The smallest absolute Gasteiger partial charge is 0.261 e. The van der Waals surface area contributed by atoms with E-state index in [0.717, 1.165) is 12.0 Å². The van der Waals surface area contributed by atoms with E-state index in [1.54, 1.807) is 17.0 Å². The fraction of sp³-hybridized carbons (Fsp3) is 0.273. The number of pyridine rings is 1. The third-order valence-electron chi connectivity index (χ3n) is 5.06. The fourth-order valence-electron chi connectivity index (χ4n) is 3.23. The molecule has 7 nitrogen and oxygen atoms in total. The van der Waals surface area contributed by atoms with Gasteiger partial charge in [-0.3, -0.25) is 14.3 Å². The molecule has 1 heterocycles. The first kappa shape index (κ1) is 21.6. The van der Waals surface area contributed by atoms with Crippen LogP contribution in [0.5, 0.6) is 0 Å². The minimum atomic E-state index is -3.90. The number of aromatic nitrogens is 1. The van der Waals surface area contributed by atoms with E-state index in [9.17, 15) is 18.0 Å². The van der Waals surface area contributed by atoms with Crippen molar-refractivity contribution in [2.75, 3.05) is 17.8 Å². The zero-order valence-corrected chi connectivity index (χ0v) is 18.0. The van der Waals surface area contributed by atoms with E-state index in [1.807, 2.05) is 32.9 Å². The monoisotopic (exact) mass is 427 g/mol. The lowest BCUT2D eigenvalue weighted by atomic mass is 10.1. The minimum Gasteiger partial charge on any atom is -0.360 e. The highest BCUT2D eigenvalue weighted by atomic mass is 32.2. The van der Waals surface area contributed by atoms with Crippen molar-refractivity contribution >= 4 is 32.5 Å². The minimum absolute atomic E-state index is 0.0103. The van der Waals surface area contributed by atoms with Crippen molar-refractivity contribution in [2.24, 2.45) is 0 Å². The van der Waals surface area contributed by atoms with Gasteiger partial charge in [-0.1, -0.05) is 19.1 Å². The number of aryl methyl sites for hydroxylation is 1. The first-order valence-electron chi connectivity index (χ1n) is 9.87. The Morgan fingerprint density at radius 2 is 1.70 bits per heavy atom. The summed E-state index contributed by atoms with van der Waals surface area (Å²) >= 11 is 0. The third kappa shape index (κ3) is 4.23. The second-order valence-corrected chi connectivity index (χ2v) is 8.55. The molecule has 0 aliphatic heterocycles. The SMILES string of the molecule is CCc1ccc(NS(=O)(=O)c2ccc3[nH]cc(C(=O)N(CC)CC)c(=O)c3c2)cc1. The molecule has 1 amide bonds. The van der Waals surface area contributed by atoms with Crippen molar-refractivity contribution in [1.29, 1.82) is 0 Å². The van der Waals surface area contributed by atoms with Gasteiger partial charge in [0.15, 0.2) is 0 Å². The molecule has 0 unspecified atom stereocenters. The van der Waals surface area contributed by atoms with Crippen LogP contribution in [0, 0.1) is 0 Å². The van der Waals surface area contributed by atoms with Crippen LogP contribution >= 0.6 is 0 Å². The molecule has 0 saturated carbocycles. The molecular weight excluding hydrogens is 402 g/mol. The average Bonchev–Trinajstić information content (AvgIpc) is 2.75. The third-order valence-corrected chi connectivity index (χ3v) is 6.44. The maximum atomic E-state index is 12.9. The van der Waals surface area contributed by atoms with E-state index < -0.39 is 15.5 Å². The molecule has 0 radical (unpaired) electrons. The largest absolute Gasteiger partial charge is 0.360 e. The van der Waals surface area contributed by atoms with Gasteiger partial charge in [0.05, 0.1) is 4.90 Å². The van der Waals surface area contributed by atoms with Crippen LogP contribution in [0.4, 0.5) is 5.69 Å². The van der Waals surface area contributed by atoms with E-state index in [2.05, 4.69) is 9.71 Å². The molecule has 2 N–H and O–H groups in total. The van der Waals surface area contributed by atoms with Gasteiger partial charge in [0.1, 0.15) is 5.56 Å². The number of rotatable bonds is 7. The summed E-state index contributed by atoms with van der Waals surface area (Å²) in [6.07, 6.45) is 2.24. The number of carbonyl (C=O) groups is 1. The van der Waals surface area contributed by atoms with Gasteiger partial charge in [-0.05, 0) is 56.2 Å². The number of H-pyrrole nitrogens is 1. The van der Waals surface area contributed by atoms with Crippen molar-refractivity contribution in [3.05, 3.63) is 70.0 Å². The molecule has 0 atom stereocenters. The highest BCUT2D eigenvalue weighted by molar-refractivity contribution is 7.92. The van der Waals surface area contributed by atoms with Crippen LogP contribution in [0.15, 0.2) is 58.4 Å². The van der Waals surface area contributed by atoms with E-state index in [0.29, 0.717) is 24.3 Å². The molecule has 158 valence electrons. The molecule has 2 aromatic carbocycles. The first-order chi connectivity index (χ1) is 14.3. The van der Waals surface area contributed by atoms with Crippen molar-refractivity contribution in [3.63, 3.8) is 0 Å². The number of nitrogens with one attached hydrogen (secondary N) is 2. The van der Waals surface area contributed by atoms with Crippen LogP contribution < -0.4 is 10.2 Å². The van der Waals surface area contributed by atoms with Crippen molar-refractivity contribution in [3.8, 4) is 0 Å². The maximum absolute atomic E-state index is 12.9. The Balaban J connectivity index is 2.01. The molecule has 1 aromatic heterocycles. The van der Waals surface area contributed by atoms with E-state index >= 15 is 0 Å². The number of carbonyl (C=O) groups excluding carboxylic acids is 1. The summed E-state index contributed by atoms with van der Waals surface area (Å²) in [6.45, 7) is 6.63. The molecule has 0 aliphatic carbocycles. The summed E-state index contributed by atoms with van der Waals surface area (Å²) in [7, 11) is -3.90. The molecule has 3 rings (SSSR count). The topological polar surface area (TPSA) is 99.3 Å². The summed E-state index contributed by atoms with van der Waals surface area (Å²) in [5, 5.41) is 0.150. The molecule has 0 spiro atoms. The van der Waals surface area contributed by atoms with Crippen LogP contribution in [-0.4, -0.2) is 37.3 Å². The fourth-order valence-corrected chi connectivity index (χ4v) is 4.31. The second-order valence-electron chi connectivity index (χ2n) is 6.87. The molecule has 0 bridgehead atoms. The van der Waals surface area contributed by atoms with Gasteiger partial charge in [0, 0.05) is 35.9 Å². The zero-order valence-electron chi connectivity index (χ0n) is 17.2. The van der Waals surface area contributed by atoms with Gasteiger partial charge in [-0.2, -0.15) is 0 Å². The summed E-state index contributed by atoms with van der Waals surface area (Å²) < 4.78 is 28.2. The number of benzene rings is 2. The number of anilines is 1. The van der Waals surface area contributed by atoms with Gasteiger partial charge >= 0.3 is 0 Å². The number of aromatic amines is 1. The second kappa shape index (κ2) is 8.71. The highest BCUT2D eigenvalue weighted by Gasteiger charge is 2.20. The van der Waals surface area contributed by atoms with Crippen LogP contribution in [0.2, 0.25) is 0 Å². The Morgan fingerprint density at radius 1 is 1.03 bits per heavy atom. The highest BCUT2D eigenvalue weighted by Crippen LogP contribution is 2.20. The number of amides is 1. The lowest BCUT2D eigenvalue weighted by Gasteiger charge is -2.18. The Bertz CT molecular complexity index is 1230. The zero-order chi connectivity index (χ0) is 21.9. The Labute approximate surface area is 175 Å². The van der Waals surface area contributed by atoms with Crippen LogP contribution in [-0.2, 0) is 16.4 Å². The molecular formula is C22H25N3O4S. The number of nitrogens with zero attached hydrogens (tertiary/aromatic N) is 1. The van der Waals surface area contributed by atoms with Gasteiger partial charge in [-0.25, -0.2) is 8.42 Å². The van der Waals surface area contributed by atoms with Crippen molar-refractivity contribution in [2.45, 2.75) is 32.1 Å². The van der Waals surface area contributed by atoms with E-state index in [1.165, 1.54) is 24.4 Å². The summed E-state index contributed by atoms with van der Waals surface area (Å²) in [5.41, 5.74) is 1.49. The normalized spacial score (nSPS) is 11.4. The lowest BCUT2D eigenvalue weighted by Crippen LogP contribution is -2.34. The molecule has 3 aromatic rings. The van der Waals surface area contributed by atoms with Crippen molar-refractivity contribution in [1.82, 2.24) is 9.88 Å². The van der Waals surface area contributed by atoms with Crippen LogP contribution in [0.1, 0.15) is 36.7 Å². The van der Waals surface area contributed by atoms with E-state index in [-0.39, 0.29) is 21.8 Å². The van der Waals surface area contributed by atoms with Gasteiger partial charge in [0.25, 0.3) is 15.9 Å².